The van der Waals surface area contributed by atoms with Gasteiger partial charge in [0.15, 0.2) is 0 Å². The Bertz CT molecular complexity index is 210. The average Bonchev–Trinajstić information content (AvgIpc) is 2.14. The van der Waals surface area contributed by atoms with Gasteiger partial charge in [0.2, 0.25) is 0 Å². The number of aromatic nitrogens is 2. The first kappa shape index (κ1) is 5.15. The monoisotopic (exact) mass is 112 g/mol. The number of nitrogens with one attached hydrogen (secondary N) is 2. The molecule has 0 radical (unpaired) electrons. The standard InChI is InChI=1S/C5H8N2O/c1-2-4-3-6-5(8)7-4/h3H,2H2,1H3,(H2,6,7,8). The lowest BCUT2D eigenvalue weighted by Crippen LogP contribution is -2.00. The van der Waals surface area contributed by atoms with Crippen molar-refractivity contribution in [1.29, 1.82) is 0 Å². The number of imidazole rings is 1. The Morgan fingerprint density at radius 3 is 2.75 bits per heavy atom. The van der Waals surface area contributed by atoms with Crippen molar-refractivity contribution in [2.45, 2.75) is 13.3 Å². The fraction of sp³-hybridized carbons (Fsp3) is 0.400. The van der Waals surface area contributed by atoms with Crippen LogP contribution in [0.15, 0.2) is 11.0 Å². The van der Waals surface area contributed by atoms with Gasteiger partial charge in [0.25, 0.3) is 0 Å². The predicted molar refractivity (Wildman–Crippen MR) is 30.8 cm³/mol. The highest BCUT2D eigenvalue weighted by molar-refractivity contribution is 4.92. The summed E-state index contributed by atoms with van der Waals surface area (Å²) in [7, 11) is 0. The largest absolute Gasteiger partial charge is 0.323 e. The van der Waals surface area contributed by atoms with E-state index in [1.54, 1.807) is 6.20 Å². The van der Waals surface area contributed by atoms with Crippen molar-refractivity contribution < 1.29 is 0 Å². The van der Waals surface area contributed by atoms with E-state index in [1.165, 1.54) is 0 Å². The highest BCUT2D eigenvalue weighted by Crippen LogP contribution is 1.84. The third-order valence-corrected chi connectivity index (χ3v) is 1.03. The second kappa shape index (κ2) is 1.86. The van der Waals surface area contributed by atoms with Crippen LogP contribution in [0, 0.1) is 0 Å². The molecular weight excluding hydrogens is 104 g/mol. The van der Waals surface area contributed by atoms with Crippen LogP contribution in [0.4, 0.5) is 0 Å². The molecule has 0 unspecified atom stereocenters. The van der Waals surface area contributed by atoms with E-state index >= 15 is 0 Å². The van der Waals surface area contributed by atoms with Crippen LogP contribution in [0.25, 0.3) is 0 Å². The van der Waals surface area contributed by atoms with Crippen LogP contribution < -0.4 is 5.69 Å². The van der Waals surface area contributed by atoms with Crippen LogP contribution in [0.3, 0.4) is 0 Å². The summed E-state index contributed by atoms with van der Waals surface area (Å²) in [4.78, 5) is 15.5. The first-order valence-corrected chi connectivity index (χ1v) is 2.59. The quantitative estimate of drug-likeness (QED) is 0.538. The van der Waals surface area contributed by atoms with Crippen LogP contribution in [0.5, 0.6) is 0 Å². The maximum atomic E-state index is 10.3. The Hall–Kier alpha value is -0.990. The minimum Gasteiger partial charge on any atom is -0.313 e. The van der Waals surface area contributed by atoms with Gasteiger partial charge >= 0.3 is 5.69 Å². The van der Waals surface area contributed by atoms with Gasteiger partial charge in [-0.2, -0.15) is 0 Å². The van der Waals surface area contributed by atoms with Crippen molar-refractivity contribution in [2.24, 2.45) is 0 Å². The number of hydrogen-bond acceptors (Lipinski definition) is 1. The van der Waals surface area contributed by atoms with Crippen molar-refractivity contribution in [1.82, 2.24) is 9.97 Å². The van der Waals surface area contributed by atoms with Gasteiger partial charge in [-0.3, -0.25) is 0 Å². The number of rotatable bonds is 1. The van der Waals surface area contributed by atoms with E-state index in [-0.39, 0.29) is 5.69 Å². The molecule has 0 aliphatic rings. The molecule has 44 valence electrons. The molecule has 8 heavy (non-hydrogen) atoms. The fourth-order valence-corrected chi connectivity index (χ4v) is 0.561. The summed E-state index contributed by atoms with van der Waals surface area (Å²) in [5, 5.41) is 0. The van der Waals surface area contributed by atoms with Crippen molar-refractivity contribution >= 4 is 0 Å². The molecule has 1 rings (SSSR count). The molecule has 1 aromatic rings. The molecule has 0 amide bonds. The predicted octanol–water partition coefficient (Wildman–Crippen LogP) is 0.265. The third kappa shape index (κ3) is 0.804. The maximum absolute atomic E-state index is 10.3. The smallest absolute Gasteiger partial charge is 0.313 e. The highest BCUT2D eigenvalue weighted by Gasteiger charge is 1.87. The minimum absolute atomic E-state index is 0.123. The van der Waals surface area contributed by atoms with Crippen molar-refractivity contribution in [3.05, 3.63) is 22.4 Å². The molecule has 3 heteroatoms. The number of aromatic amines is 2. The second-order valence-corrected chi connectivity index (χ2v) is 1.62. The average molecular weight is 112 g/mol. The summed E-state index contributed by atoms with van der Waals surface area (Å²) >= 11 is 0. The van der Waals surface area contributed by atoms with Gasteiger partial charge in [0.05, 0.1) is 0 Å². The first-order chi connectivity index (χ1) is 3.83. The minimum atomic E-state index is -0.123. The zero-order chi connectivity index (χ0) is 5.98. The molecule has 0 fully saturated rings. The van der Waals surface area contributed by atoms with Gasteiger partial charge in [-0.25, -0.2) is 4.79 Å². The number of H-pyrrole nitrogens is 2. The third-order valence-electron chi connectivity index (χ3n) is 1.03. The molecule has 1 aromatic heterocycles. The Balaban J connectivity index is 3.01. The Morgan fingerprint density at radius 2 is 2.50 bits per heavy atom. The lowest BCUT2D eigenvalue weighted by atomic mass is 10.4. The topological polar surface area (TPSA) is 48.6 Å². The Morgan fingerprint density at radius 1 is 1.75 bits per heavy atom. The van der Waals surface area contributed by atoms with E-state index in [0.717, 1.165) is 12.1 Å². The van der Waals surface area contributed by atoms with E-state index in [9.17, 15) is 4.79 Å². The highest BCUT2D eigenvalue weighted by atomic mass is 16.1. The Labute approximate surface area is 46.8 Å². The molecule has 0 saturated heterocycles. The van der Waals surface area contributed by atoms with Crippen molar-refractivity contribution in [3.63, 3.8) is 0 Å². The van der Waals surface area contributed by atoms with Crippen LogP contribution in [0.2, 0.25) is 0 Å². The van der Waals surface area contributed by atoms with Crippen molar-refractivity contribution in [2.75, 3.05) is 0 Å². The summed E-state index contributed by atoms with van der Waals surface area (Å²) < 4.78 is 0. The molecule has 0 aliphatic carbocycles. The van der Waals surface area contributed by atoms with Crippen LogP contribution in [-0.4, -0.2) is 9.97 Å². The van der Waals surface area contributed by atoms with Gasteiger partial charge in [-0.05, 0) is 6.42 Å². The molecule has 1 heterocycles. The summed E-state index contributed by atoms with van der Waals surface area (Å²) in [6, 6.07) is 0. The summed E-state index contributed by atoms with van der Waals surface area (Å²) in [5.41, 5.74) is 0.830. The fourth-order valence-electron chi connectivity index (χ4n) is 0.561. The van der Waals surface area contributed by atoms with Gasteiger partial charge in [-0.15, -0.1) is 0 Å². The Kier molecular flexibility index (Phi) is 1.20. The molecule has 0 aliphatic heterocycles. The SMILES string of the molecule is CCc1c[nH]c(=O)[nH]1. The van der Waals surface area contributed by atoms with Crippen LogP contribution in [0.1, 0.15) is 12.6 Å². The summed E-state index contributed by atoms with van der Waals surface area (Å²) in [5.74, 6) is 0. The van der Waals surface area contributed by atoms with E-state index in [1.807, 2.05) is 6.92 Å². The van der Waals surface area contributed by atoms with Crippen molar-refractivity contribution in [3.8, 4) is 0 Å². The van der Waals surface area contributed by atoms with E-state index in [2.05, 4.69) is 9.97 Å². The van der Waals surface area contributed by atoms with Crippen LogP contribution in [-0.2, 0) is 6.42 Å². The van der Waals surface area contributed by atoms with Gasteiger partial charge < -0.3 is 9.97 Å². The second-order valence-electron chi connectivity index (χ2n) is 1.62. The summed E-state index contributed by atoms with van der Waals surface area (Å²) in [6.45, 7) is 1.99. The zero-order valence-electron chi connectivity index (χ0n) is 4.69. The van der Waals surface area contributed by atoms with E-state index < -0.39 is 0 Å². The zero-order valence-corrected chi connectivity index (χ0v) is 4.69. The molecule has 0 saturated carbocycles. The van der Waals surface area contributed by atoms with Gasteiger partial charge in [-0.1, -0.05) is 6.92 Å². The number of aryl methyl sites for hydroxylation is 1. The van der Waals surface area contributed by atoms with Crippen LogP contribution >= 0.6 is 0 Å². The lowest BCUT2D eigenvalue weighted by Gasteiger charge is -1.79. The molecular formula is C5H8N2O. The van der Waals surface area contributed by atoms with Gasteiger partial charge in [0.1, 0.15) is 0 Å². The van der Waals surface area contributed by atoms with E-state index in [4.69, 9.17) is 0 Å². The normalized spacial score (nSPS) is 9.62. The molecule has 0 spiro atoms. The lowest BCUT2D eigenvalue weighted by molar-refractivity contribution is 1.05. The first-order valence-electron chi connectivity index (χ1n) is 2.59. The molecule has 0 bridgehead atoms. The molecule has 2 N–H and O–H groups in total. The van der Waals surface area contributed by atoms with Gasteiger partial charge in [0, 0.05) is 11.9 Å². The van der Waals surface area contributed by atoms with E-state index in [0.29, 0.717) is 0 Å². The maximum Gasteiger partial charge on any atom is 0.323 e. The molecule has 0 aromatic carbocycles. The number of hydrogen-bond donors (Lipinski definition) is 2. The summed E-state index contributed by atoms with van der Waals surface area (Å²) in [6.07, 6.45) is 2.56. The molecule has 3 nitrogen and oxygen atoms in total. The molecule has 0 atom stereocenters.